The van der Waals surface area contributed by atoms with Crippen LogP contribution in [0, 0.1) is 6.92 Å². The molecule has 84 valence electrons. The van der Waals surface area contributed by atoms with Crippen LogP contribution >= 0.6 is 0 Å². The summed E-state index contributed by atoms with van der Waals surface area (Å²) in [5.41, 5.74) is 2.04. The molecule has 0 unspecified atom stereocenters. The zero-order valence-corrected chi connectivity index (χ0v) is 9.51. The Morgan fingerprint density at radius 2 is 2.06 bits per heavy atom. The minimum Gasteiger partial charge on any atom is -0.313 e. The van der Waals surface area contributed by atoms with Crippen molar-refractivity contribution in [3.05, 3.63) is 35.9 Å². The van der Waals surface area contributed by atoms with Gasteiger partial charge in [0.2, 0.25) is 5.95 Å². The highest BCUT2D eigenvalue weighted by Crippen LogP contribution is 2.02. The maximum Gasteiger partial charge on any atom is 0.250 e. The summed E-state index contributed by atoms with van der Waals surface area (Å²) in [6.45, 7) is 5.76. The van der Waals surface area contributed by atoms with Gasteiger partial charge in [0, 0.05) is 30.7 Å². The second kappa shape index (κ2) is 4.85. The molecule has 0 bridgehead atoms. The Hall–Kier alpha value is -1.75. The van der Waals surface area contributed by atoms with E-state index < -0.39 is 0 Å². The number of aryl methyl sites for hydroxylation is 1. The van der Waals surface area contributed by atoms with Gasteiger partial charge in [-0.05, 0) is 19.5 Å². The molecule has 0 aromatic carbocycles. The van der Waals surface area contributed by atoms with Crippen LogP contribution < -0.4 is 5.32 Å². The highest BCUT2D eigenvalue weighted by Gasteiger charge is 2.01. The molecule has 2 heterocycles. The van der Waals surface area contributed by atoms with E-state index in [4.69, 9.17) is 0 Å². The molecule has 1 N–H and O–H groups in total. The van der Waals surface area contributed by atoms with Crippen LogP contribution in [0.5, 0.6) is 0 Å². The Morgan fingerprint density at radius 1 is 1.31 bits per heavy atom. The number of nitrogens with zero attached hydrogens (tertiary/aromatic N) is 4. The minimum absolute atomic E-state index is 0.605. The average Bonchev–Trinajstić information content (AvgIpc) is 2.74. The van der Waals surface area contributed by atoms with Crippen molar-refractivity contribution < 1.29 is 0 Å². The standard InChI is InChI=1S/C11H15N5/c1-3-12-6-10-7-13-11(14-8-10)16-5-4-9(2)15-16/h4-5,7-8,12H,3,6H2,1-2H3. The molecular formula is C11H15N5. The summed E-state index contributed by atoms with van der Waals surface area (Å²) < 4.78 is 1.67. The molecule has 0 aliphatic heterocycles. The van der Waals surface area contributed by atoms with Crippen LogP contribution in [0.15, 0.2) is 24.7 Å². The Kier molecular flexibility index (Phi) is 3.26. The van der Waals surface area contributed by atoms with Gasteiger partial charge in [-0.15, -0.1) is 0 Å². The first kappa shape index (κ1) is 10.8. The third-order valence-electron chi connectivity index (χ3n) is 2.20. The van der Waals surface area contributed by atoms with Gasteiger partial charge in [-0.1, -0.05) is 6.92 Å². The summed E-state index contributed by atoms with van der Waals surface area (Å²) in [4.78, 5) is 8.53. The van der Waals surface area contributed by atoms with Crippen molar-refractivity contribution in [2.24, 2.45) is 0 Å². The van der Waals surface area contributed by atoms with Gasteiger partial charge in [0.05, 0.1) is 5.69 Å². The molecule has 5 heteroatoms. The average molecular weight is 217 g/mol. The normalized spacial score (nSPS) is 10.6. The Morgan fingerprint density at radius 3 is 2.62 bits per heavy atom. The first-order valence-corrected chi connectivity index (χ1v) is 5.34. The molecule has 0 aliphatic rings. The molecular weight excluding hydrogens is 202 g/mol. The third-order valence-corrected chi connectivity index (χ3v) is 2.20. The van der Waals surface area contributed by atoms with Crippen LogP contribution in [-0.2, 0) is 6.54 Å². The highest BCUT2D eigenvalue weighted by atomic mass is 15.3. The van der Waals surface area contributed by atoms with Gasteiger partial charge < -0.3 is 5.32 Å². The third kappa shape index (κ3) is 2.43. The first-order chi connectivity index (χ1) is 7.79. The van der Waals surface area contributed by atoms with E-state index in [-0.39, 0.29) is 0 Å². The predicted octanol–water partition coefficient (Wildman–Crippen LogP) is 1.08. The van der Waals surface area contributed by atoms with E-state index in [1.54, 1.807) is 4.68 Å². The summed E-state index contributed by atoms with van der Waals surface area (Å²) in [6.07, 6.45) is 5.50. The maximum absolute atomic E-state index is 4.26. The molecule has 2 rings (SSSR count). The number of hydrogen-bond donors (Lipinski definition) is 1. The van der Waals surface area contributed by atoms with Gasteiger partial charge in [0.25, 0.3) is 0 Å². The fraction of sp³-hybridized carbons (Fsp3) is 0.364. The van der Waals surface area contributed by atoms with Crippen LogP contribution in [0.4, 0.5) is 0 Å². The molecule has 5 nitrogen and oxygen atoms in total. The van der Waals surface area contributed by atoms with E-state index in [9.17, 15) is 0 Å². The number of nitrogens with one attached hydrogen (secondary N) is 1. The van der Waals surface area contributed by atoms with Gasteiger partial charge in [-0.2, -0.15) is 5.10 Å². The van der Waals surface area contributed by atoms with Crippen LogP contribution in [-0.4, -0.2) is 26.3 Å². The Bertz CT molecular complexity index is 446. The Balaban J connectivity index is 2.13. The topological polar surface area (TPSA) is 55.6 Å². The second-order valence-corrected chi connectivity index (χ2v) is 3.57. The molecule has 2 aromatic heterocycles. The van der Waals surface area contributed by atoms with E-state index in [1.165, 1.54) is 0 Å². The fourth-order valence-electron chi connectivity index (χ4n) is 1.35. The number of hydrogen-bond acceptors (Lipinski definition) is 4. The number of aromatic nitrogens is 4. The first-order valence-electron chi connectivity index (χ1n) is 5.34. The van der Waals surface area contributed by atoms with Crippen LogP contribution in [0.1, 0.15) is 18.2 Å². The van der Waals surface area contributed by atoms with Gasteiger partial charge in [0.15, 0.2) is 0 Å². The van der Waals surface area contributed by atoms with E-state index in [0.717, 1.165) is 24.3 Å². The largest absolute Gasteiger partial charge is 0.313 e. The lowest BCUT2D eigenvalue weighted by Gasteiger charge is -2.02. The summed E-state index contributed by atoms with van der Waals surface area (Å²) in [5.74, 6) is 0.605. The lowest BCUT2D eigenvalue weighted by atomic mass is 10.3. The summed E-state index contributed by atoms with van der Waals surface area (Å²) in [5, 5.41) is 7.47. The molecule has 0 radical (unpaired) electrons. The number of rotatable bonds is 4. The summed E-state index contributed by atoms with van der Waals surface area (Å²) >= 11 is 0. The van der Waals surface area contributed by atoms with Crippen molar-refractivity contribution in [2.45, 2.75) is 20.4 Å². The lowest BCUT2D eigenvalue weighted by molar-refractivity contribution is 0.715. The lowest BCUT2D eigenvalue weighted by Crippen LogP contribution is -2.12. The molecule has 0 spiro atoms. The molecule has 0 saturated carbocycles. The van der Waals surface area contributed by atoms with Crippen LogP contribution in [0.25, 0.3) is 5.95 Å². The van der Waals surface area contributed by atoms with Crippen LogP contribution in [0.3, 0.4) is 0 Å². The minimum atomic E-state index is 0.605. The van der Waals surface area contributed by atoms with Crippen molar-refractivity contribution in [3.63, 3.8) is 0 Å². The summed E-state index contributed by atoms with van der Waals surface area (Å²) in [6, 6.07) is 1.93. The maximum atomic E-state index is 4.26. The quantitative estimate of drug-likeness (QED) is 0.832. The van der Waals surface area contributed by atoms with E-state index >= 15 is 0 Å². The van der Waals surface area contributed by atoms with Gasteiger partial charge in [0.1, 0.15) is 0 Å². The van der Waals surface area contributed by atoms with Gasteiger partial charge in [-0.25, -0.2) is 14.6 Å². The van der Waals surface area contributed by atoms with Crippen molar-refractivity contribution in [2.75, 3.05) is 6.54 Å². The van der Waals surface area contributed by atoms with E-state index in [2.05, 4.69) is 27.3 Å². The molecule has 16 heavy (non-hydrogen) atoms. The molecule has 2 aromatic rings. The SMILES string of the molecule is CCNCc1cnc(-n2ccc(C)n2)nc1. The molecule has 0 atom stereocenters. The van der Waals surface area contributed by atoms with Crippen LogP contribution in [0.2, 0.25) is 0 Å². The Labute approximate surface area is 94.5 Å². The predicted molar refractivity (Wildman–Crippen MR) is 61.3 cm³/mol. The van der Waals surface area contributed by atoms with E-state index in [1.807, 2.05) is 31.6 Å². The molecule has 0 saturated heterocycles. The fourth-order valence-corrected chi connectivity index (χ4v) is 1.35. The second-order valence-electron chi connectivity index (χ2n) is 3.57. The molecule has 0 amide bonds. The zero-order valence-electron chi connectivity index (χ0n) is 9.51. The van der Waals surface area contributed by atoms with Crippen molar-refractivity contribution in [3.8, 4) is 5.95 Å². The summed E-state index contributed by atoms with van der Waals surface area (Å²) in [7, 11) is 0. The van der Waals surface area contributed by atoms with Gasteiger partial charge >= 0.3 is 0 Å². The monoisotopic (exact) mass is 217 g/mol. The van der Waals surface area contributed by atoms with Gasteiger partial charge in [-0.3, -0.25) is 0 Å². The molecule has 0 fully saturated rings. The van der Waals surface area contributed by atoms with E-state index in [0.29, 0.717) is 5.95 Å². The van der Waals surface area contributed by atoms with Crippen molar-refractivity contribution >= 4 is 0 Å². The van der Waals surface area contributed by atoms with Crippen molar-refractivity contribution in [1.82, 2.24) is 25.1 Å². The smallest absolute Gasteiger partial charge is 0.250 e. The highest BCUT2D eigenvalue weighted by molar-refractivity contribution is 5.14. The van der Waals surface area contributed by atoms with Crippen molar-refractivity contribution in [1.29, 1.82) is 0 Å². The zero-order chi connectivity index (χ0) is 11.4. The molecule has 0 aliphatic carbocycles.